The predicted molar refractivity (Wildman–Crippen MR) is 141 cm³/mol. The molecule has 1 saturated heterocycles. The fourth-order valence-corrected chi connectivity index (χ4v) is 5.23. The minimum absolute atomic E-state index is 0.0457. The molecule has 2 heterocycles. The number of likely N-dealkylation sites (tertiary alicyclic amines) is 1. The summed E-state index contributed by atoms with van der Waals surface area (Å²) in [5.41, 5.74) is 4.07. The van der Waals surface area contributed by atoms with Gasteiger partial charge >= 0.3 is 6.03 Å². The highest BCUT2D eigenvalue weighted by molar-refractivity contribution is 5.76. The third-order valence-corrected chi connectivity index (χ3v) is 7.20. The highest BCUT2D eigenvalue weighted by Crippen LogP contribution is 2.38. The molecule has 3 aromatic rings. The number of benzene rings is 2. The van der Waals surface area contributed by atoms with Crippen LogP contribution in [0.1, 0.15) is 55.8 Å². The molecule has 1 aromatic heterocycles. The van der Waals surface area contributed by atoms with Gasteiger partial charge in [0, 0.05) is 30.1 Å². The fraction of sp³-hybridized carbons (Fsp3) is 0.379. The van der Waals surface area contributed by atoms with E-state index in [4.69, 9.17) is 9.26 Å². The number of carbonyl (C=O) groups excluding carboxylic acids is 1. The lowest BCUT2D eigenvalue weighted by Gasteiger charge is -2.32. The Morgan fingerprint density at radius 3 is 2.76 bits per heavy atom. The number of aromatic nitrogens is 2. The molecule has 2 aromatic carbocycles. The molecule has 1 atom stereocenters. The summed E-state index contributed by atoms with van der Waals surface area (Å²) in [5, 5.41) is 26.6. The number of allylic oxidation sites excluding steroid dienone is 1. The number of hydrogen-bond acceptors (Lipinski definition) is 7. The van der Waals surface area contributed by atoms with Crippen LogP contribution >= 0.6 is 0 Å². The van der Waals surface area contributed by atoms with Crippen molar-refractivity contribution in [1.29, 1.82) is 5.26 Å². The maximum atomic E-state index is 12.9. The molecule has 5 rings (SSSR count). The minimum atomic E-state index is -0.0963. The second-order valence-electron chi connectivity index (χ2n) is 10.1. The molecule has 0 unspecified atom stereocenters. The molecule has 38 heavy (non-hydrogen) atoms. The van der Waals surface area contributed by atoms with E-state index in [-0.39, 0.29) is 29.9 Å². The molecular weight excluding hydrogens is 482 g/mol. The second-order valence-corrected chi connectivity index (χ2v) is 10.1. The number of rotatable bonds is 6. The second kappa shape index (κ2) is 10.6. The van der Waals surface area contributed by atoms with Crippen molar-refractivity contribution in [3.8, 4) is 34.7 Å². The number of amides is 2. The molecule has 196 valence electrons. The van der Waals surface area contributed by atoms with Gasteiger partial charge in [0.15, 0.2) is 0 Å². The Balaban J connectivity index is 1.32. The third-order valence-electron chi connectivity index (χ3n) is 7.20. The van der Waals surface area contributed by atoms with E-state index in [1.165, 1.54) is 0 Å². The lowest BCUT2D eigenvalue weighted by molar-refractivity contribution is 0.162. The minimum Gasteiger partial charge on any atom is -0.513 e. The first-order valence-electron chi connectivity index (χ1n) is 12.9. The van der Waals surface area contributed by atoms with E-state index >= 15 is 0 Å². The highest BCUT2D eigenvalue weighted by atomic mass is 16.5. The van der Waals surface area contributed by atoms with Crippen LogP contribution in [0.15, 0.2) is 53.3 Å². The van der Waals surface area contributed by atoms with Crippen molar-refractivity contribution in [2.24, 2.45) is 5.92 Å². The average Bonchev–Trinajstić information content (AvgIpc) is 3.56. The summed E-state index contributed by atoms with van der Waals surface area (Å²) in [7, 11) is 0. The molecule has 0 bridgehead atoms. The van der Waals surface area contributed by atoms with Gasteiger partial charge < -0.3 is 24.6 Å². The van der Waals surface area contributed by atoms with Crippen molar-refractivity contribution in [3.63, 3.8) is 0 Å². The van der Waals surface area contributed by atoms with Gasteiger partial charge in [-0.05, 0) is 68.9 Å². The Kier molecular flexibility index (Phi) is 7.05. The zero-order valence-electron chi connectivity index (χ0n) is 21.6. The summed E-state index contributed by atoms with van der Waals surface area (Å²) in [4.78, 5) is 19.4. The van der Waals surface area contributed by atoms with Gasteiger partial charge in [-0.1, -0.05) is 29.9 Å². The lowest BCUT2D eigenvalue weighted by Crippen LogP contribution is -2.45. The van der Waals surface area contributed by atoms with Gasteiger partial charge in [-0.15, -0.1) is 0 Å². The number of piperidine rings is 1. The third kappa shape index (κ3) is 5.07. The number of hydrogen-bond donors (Lipinski definition) is 2. The molecule has 1 aliphatic carbocycles. The largest absolute Gasteiger partial charge is 0.513 e. The van der Waals surface area contributed by atoms with Crippen LogP contribution in [0.4, 0.5) is 4.79 Å². The Labute approximate surface area is 221 Å². The molecular formula is C29H31N5O4. The van der Waals surface area contributed by atoms with Crippen LogP contribution in [-0.2, 0) is 6.42 Å². The van der Waals surface area contributed by atoms with E-state index < -0.39 is 0 Å². The standard InChI is InChI=1S/C29H31N5O4/c1-17(2)37-26-10-7-20(15-21(26)16-30)28-32-27(33-38-28)24-6-4-5-23-22(24)8-9-25(23)31-29(36)34-13-11-19(12-14-34)18(3)35/h4-7,10,15,17,19,25,35H,3,8-9,11-14H2,1-2H3,(H,31,36)/t25-/m0/s1. The van der Waals surface area contributed by atoms with Crippen molar-refractivity contribution in [2.45, 2.75) is 51.7 Å². The van der Waals surface area contributed by atoms with Gasteiger partial charge in [0.25, 0.3) is 5.89 Å². The number of nitrogens with one attached hydrogen (secondary N) is 1. The molecule has 1 fully saturated rings. The Bertz CT molecular complexity index is 1400. The zero-order chi connectivity index (χ0) is 26.8. The van der Waals surface area contributed by atoms with Gasteiger partial charge in [-0.25, -0.2) is 4.79 Å². The monoisotopic (exact) mass is 513 g/mol. The normalized spacial score (nSPS) is 17.2. The Morgan fingerprint density at radius 1 is 1.26 bits per heavy atom. The van der Waals surface area contributed by atoms with Crippen molar-refractivity contribution in [3.05, 3.63) is 65.4 Å². The van der Waals surface area contributed by atoms with Gasteiger partial charge in [0.05, 0.1) is 23.5 Å². The molecule has 0 saturated carbocycles. The number of nitrogens with zero attached hydrogens (tertiary/aromatic N) is 4. The van der Waals surface area contributed by atoms with Crippen LogP contribution < -0.4 is 10.1 Å². The van der Waals surface area contributed by atoms with Gasteiger partial charge in [-0.2, -0.15) is 10.2 Å². The number of carbonyl (C=O) groups is 1. The van der Waals surface area contributed by atoms with Crippen molar-refractivity contribution < 1.29 is 19.2 Å². The Morgan fingerprint density at radius 2 is 2.05 bits per heavy atom. The maximum absolute atomic E-state index is 12.9. The molecule has 1 aliphatic heterocycles. The van der Waals surface area contributed by atoms with Crippen molar-refractivity contribution >= 4 is 6.03 Å². The van der Waals surface area contributed by atoms with Crippen LogP contribution in [0.5, 0.6) is 5.75 Å². The molecule has 2 N–H and O–H groups in total. The molecule has 0 spiro atoms. The number of aliphatic hydroxyl groups excluding tert-OH is 1. The fourth-order valence-electron chi connectivity index (χ4n) is 5.23. The van der Waals surface area contributed by atoms with Gasteiger partial charge in [0.1, 0.15) is 11.8 Å². The molecule has 9 heteroatoms. The molecule has 2 aliphatic rings. The van der Waals surface area contributed by atoms with Crippen LogP contribution in [0.3, 0.4) is 0 Å². The number of urea groups is 1. The summed E-state index contributed by atoms with van der Waals surface area (Å²) in [6, 6.07) is 13.2. The summed E-state index contributed by atoms with van der Waals surface area (Å²) in [6.07, 6.45) is 2.97. The van der Waals surface area contributed by atoms with E-state index in [1.54, 1.807) is 23.1 Å². The summed E-state index contributed by atoms with van der Waals surface area (Å²) >= 11 is 0. The first-order valence-corrected chi connectivity index (χ1v) is 12.9. The quantitative estimate of drug-likeness (QED) is 0.415. The summed E-state index contributed by atoms with van der Waals surface area (Å²) in [5.74, 6) is 1.57. The molecule has 0 radical (unpaired) electrons. The van der Waals surface area contributed by atoms with Crippen LogP contribution in [-0.4, -0.2) is 45.4 Å². The predicted octanol–water partition coefficient (Wildman–Crippen LogP) is 5.54. The number of nitriles is 1. The smallest absolute Gasteiger partial charge is 0.317 e. The molecule has 2 amide bonds. The number of ether oxygens (including phenoxy) is 1. The van der Waals surface area contributed by atoms with Crippen LogP contribution in [0, 0.1) is 17.2 Å². The topological polar surface area (TPSA) is 125 Å². The maximum Gasteiger partial charge on any atom is 0.317 e. The van der Waals surface area contributed by atoms with E-state index in [9.17, 15) is 15.2 Å². The highest BCUT2D eigenvalue weighted by Gasteiger charge is 2.30. The summed E-state index contributed by atoms with van der Waals surface area (Å²) < 4.78 is 11.3. The molecule has 9 nitrogen and oxygen atoms in total. The number of fused-ring (bicyclic) bond motifs is 1. The van der Waals surface area contributed by atoms with Crippen LogP contribution in [0.2, 0.25) is 0 Å². The van der Waals surface area contributed by atoms with Gasteiger partial charge in [0.2, 0.25) is 5.82 Å². The van der Waals surface area contributed by atoms with E-state index in [0.29, 0.717) is 41.7 Å². The van der Waals surface area contributed by atoms with Crippen molar-refractivity contribution in [2.75, 3.05) is 13.1 Å². The SMILES string of the molecule is C=C(O)C1CCN(C(=O)N[C@H]2CCc3c(-c4noc(-c5ccc(OC(C)C)c(C#N)c5)n4)cccc32)CC1. The Hall–Kier alpha value is -4.32. The van der Waals surface area contributed by atoms with Crippen LogP contribution in [0.25, 0.3) is 22.8 Å². The lowest BCUT2D eigenvalue weighted by atomic mass is 9.95. The average molecular weight is 514 g/mol. The van der Waals surface area contributed by atoms with E-state index in [2.05, 4.69) is 28.1 Å². The van der Waals surface area contributed by atoms with E-state index in [0.717, 1.165) is 42.4 Å². The van der Waals surface area contributed by atoms with Gasteiger partial charge in [-0.3, -0.25) is 0 Å². The first kappa shape index (κ1) is 25.3. The van der Waals surface area contributed by atoms with Crippen molar-refractivity contribution in [1.82, 2.24) is 20.4 Å². The number of aliphatic hydroxyl groups is 1. The summed E-state index contributed by atoms with van der Waals surface area (Å²) in [6.45, 7) is 8.64. The zero-order valence-corrected chi connectivity index (χ0v) is 21.6. The van der Waals surface area contributed by atoms with E-state index in [1.807, 2.05) is 32.0 Å². The first-order chi connectivity index (χ1) is 18.3.